The predicted molar refractivity (Wildman–Crippen MR) is 214 cm³/mol. The van der Waals surface area contributed by atoms with E-state index in [1.165, 1.54) is 0 Å². The summed E-state index contributed by atoms with van der Waals surface area (Å²) in [6.07, 6.45) is 7.48. The molecule has 0 fully saturated rings. The standard InChI is InChI=1S/C38H53N8O6P.CH4/c1-4-7-15-23-52-37(48)32(26-30-18-13-10-14-19-30)45-53(49,44-31(36(47)51-22-8-5-2)25-29-16-11-9-12-17-29)28-50-24-21-46-27-41-33-34(40-20-6-3)42-38(39)43-35(33)46;/h6,9-14,16-19,27,31-32H,3-5,7-8,15,20-26,28H2,1-2H3,(H2,44,45,49)(H3,39,40,42,43);1H4. The Morgan fingerprint density at radius 2 is 1.44 bits per heavy atom. The maximum Gasteiger partial charge on any atom is 0.323 e. The van der Waals surface area contributed by atoms with E-state index in [1.54, 1.807) is 17.0 Å². The van der Waals surface area contributed by atoms with Crippen molar-refractivity contribution in [3.8, 4) is 0 Å². The Morgan fingerprint density at radius 3 is 2.00 bits per heavy atom. The smallest absolute Gasteiger partial charge is 0.323 e. The van der Waals surface area contributed by atoms with E-state index in [1.807, 2.05) is 67.6 Å². The zero-order valence-corrected chi connectivity index (χ0v) is 31.6. The van der Waals surface area contributed by atoms with Gasteiger partial charge in [-0.3, -0.25) is 14.2 Å². The van der Waals surface area contributed by atoms with Crippen LogP contribution in [0, 0.1) is 0 Å². The Hall–Kier alpha value is -4.62. The van der Waals surface area contributed by atoms with Crippen molar-refractivity contribution in [2.24, 2.45) is 0 Å². The van der Waals surface area contributed by atoms with Gasteiger partial charge in [0.05, 0.1) is 26.1 Å². The molecule has 2 aromatic carbocycles. The Balaban J connectivity index is 0.00000784. The Kier molecular flexibility index (Phi) is 18.8. The number of imidazole rings is 1. The molecule has 0 saturated carbocycles. The second kappa shape index (κ2) is 23.2. The molecule has 0 aliphatic carbocycles. The molecule has 0 aliphatic heterocycles. The fraction of sp³-hybridized carbons (Fsp3) is 0.462. The molecule has 294 valence electrons. The van der Waals surface area contributed by atoms with Crippen molar-refractivity contribution in [1.29, 1.82) is 0 Å². The second-order valence-electron chi connectivity index (χ2n) is 12.6. The van der Waals surface area contributed by atoms with Crippen molar-refractivity contribution >= 4 is 42.3 Å². The van der Waals surface area contributed by atoms with Gasteiger partial charge in [-0.15, -0.1) is 6.58 Å². The highest BCUT2D eigenvalue weighted by molar-refractivity contribution is 7.59. The summed E-state index contributed by atoms with van der Waals surface area (Å²) in [7, 11) is -3.89. The van der Waals surface area contributed by atoms with Crippen LogP contribution in [0.5, 0.6) is 0 Å². The molecule has 3 unspecified atom stereocenters. The van der Waals surface area contributed by atoms with Gasteiger partial charge in [-0.1, -0.05) is 107 Å². The lowest BCUT2D eigenvalue weighted by Gasteiger charge is -2.29. The molecule has 3 atom stereocenters. The van der Waals surface area contributed by atoms with E-state index < -0.39 is 31.5 Å². The van der Waals surface area contributed by atoms with Crippen molar-refractivity contribution in [3.05, 3.63) is 90.8 Å². The number of unbranched alkanes of at least 4 members (excludes halogenated alkanes) is 3. The molecule has 15 heteroatoms. The number of nitrogens with zero attached hydrogens (tertiary/aromatic N) is 4. The summed E-state index contributed by atoms with van der Waals surface area (Å²) in [5, 5.41) is 9.27. The lowest BCUT2D eigenvalue weighted by Crippen LogP contribution is -2.46. The zero-order valence-electron chi connectivity index (χ0n) is 30.7. The third kappa shape index (κ3) is 14.0. The number of carbonyl (C=O) groups excluding carboxylic acids is 2. The van der Waals surface area contributed by atoms with Gasteiger partial charge in [0.25, 0.3) is 0 Å². The quantitative estimate of drug-likeness (QED) is 0.0256. The van der Waals surface area contributed by atoms with Crippen LogP contribution in [0.4, 0.5) is 11.8 Å². The SMILES string of the molecule is C.C=CCNc1nc(N)nc2c1ncn2CCOCP(=O)(NC(Cc1ccccc1)C(=O)OCCCC)NC(Cc1ccccc1)C(=O)OCCCCC. The maximum absolute atomic E-state index is 15.1. The summed E-state index contributed by atoms with van der Waals surface area (Å²) in [6.45, 7) is 9.11. The summed E-state index contributed by atoms with van der Waals surface area (Å²) < 4.78 is 34.2. The van der Waals surface area contributed by atoms with Crippen molar-refractivity contribution in [2.75, 3.05) is 43.8 Å². The summed E-state index contributed by atoms with van der Waals surface area (Å²) in [4.78, 5) is 40.2. The van der Waals surface area contributed by atoms with Gasteiger partial charge in [0, 0.05) is 13.1 Å². The van der Waals surface area contributed by atoms with Gasteiger partial charge in [0.15, 0.2) is 17.0 Å². The number of hydrogen-bond acceptors (Lipinski definition) is 11. The number of aromatic nitrogens is 4. The van der Waals surface area contributed by atoms with Gasteiger partial charge in [-0.25, -0.2) is 15.2 Å². The minimum atomic E-state index is -3.89. The highest BCUT2D eigenvalue weighted by Crippen LogP contribution is 2.39. The zero-order chi connectivity index (χ0) is 37.9. The molecule has 0 bridgehead atoms. The molecule has 0 amide bonds. The maximum atomic E-state index is 15.1. The van der Waals surface area contributed by atoms with E-state index in [4.69, 9.17) is 19.9 Å². The molecule has 0 aliphatic rings. The molecule has 4 rings (SSSR count). The number of anilines is 2. The van der Waals surface area contributed by atoms with E-state index in [0.29, 0.717) is 36.4 Å². The van der Waals surface area contributed by atoms with Gasteiger partial charge in [-0.2, -0.15) is 9.97 Å². The van der Waals surface area contributed by atoms with Crippen LogP contribution in [0.2, 0.25) is 0 Å². The minimum absolute atomic E-state index is 0. The average Bonchev–Trinajstić information content (AvgIpc) is 3.57. The molecule has 5 N–H and O–H groups in total. The highest BCUT2D eigenvalue weighted by Gasteiger charge is 2.36. The van der Waals surface area contributed by atoms with Crippen molar-refractivity contribution in [2.45, 2.75) is 84.8 Å². The fourth-order valence-corrected chi connectivity index (χ4v) is 7.50. The van der Waals surface area contributed by atoms with Crippen molar-refractivity contribution in [3.63, 3.8) is 0 Å². The first-order chi connectivity index (χ1) is 25.7. The number of nitrogens with one attached hydrogen (secondary N) is 3. The normalized spacial score (nSPS) is 13.3. The summed E-state index contributed by atoms with van der Waals surface area (Å²) in [6, 6.07) is 16.8. The Morgan fingerprint density at radius 1 is 0.870 bits per heavy atom. The molecular weight excluding hydrogens is 707 g/mol. The van der Waals surface area contributed by atoms with Crippen LogP contribution in [0.3, 0.4) is 0 Å². The number of ether oxygens (including phenoxy) is 3. The van der Waals surface area contributed by atoms with Gasteiger partial charge < -0.3 is 29.8 Å². The largest absolute Gasteiger partial charge is 0.465 e. The van der Waals surface area contributed by atoms with Gasteiger partial charge in [0.2, 0.25) is 13.4 Å². The molecule has 2 aromatic heterocycles. The van der Waals surface area contributed by atoms with Gasteiger partial charge >= 0.3 is 11.9 Å². The highest BCUT2D eigenvalue weighted by atomic mass is 31.2. The first-order valence-electron chi connectivity index (χ1n) is 18.2. The Bertz CT molecular complexity index is 1780. The number of hydrogen-bond donors (Lipinski definition) is 4. The monoisotopic (exact) mass is 764 g/mol. The summed E-state index contributed by atoms with van der Waals surface area (Å²) in [5.41, 5.74) is 8.70. The van der Waals surface area contributed by atoms with Crippen LogP contribution in [0.1, 0.15) is 64.5 Å². The number of fused-ring (bicyclic) bond motifs is 1. The predicted octanol–water partition coefficient (Wildman–Crippen LogP) is 6.29. The molecule has 0 radical (unpaired) electrons. The summed E-state index contributed by atoms with van der Waals surface area (Å²) >= 11 is 0. The average molecular weight is 765 g/mol. The van der Waals surface area contributed by atoms with Crippen LogP contribution >= 0.6 is 7.44 Å². The molecule has 14 nitrogen and oxygen atoms in total. The first kappa shape index (κ1) is 43.8. The van der Waals surface area contributed by atoms with E-state index in [9.17, 15) is 9.59 Å². The van der Waals surface area contributed by atoms with Gasteiger partial charge in [-0.05, 0) is 36.8 Å². The third-order valence-corrected chi connectivity index (χ3v) is 10.2. The third-order valence-electron chi connectivity index (χ3n) is 8.24. The van der Waals surface area contributed by atoms with Crippen LogP contribution in [-0.4, -0.2) is 76.3 Å². The van der Waals surface area contributed by atoms with Crippen molar-refractivity contribution in [1.82, 2.24) is 29.7 Å². The molecule has 2 heterocycles. The van der Waals surface area contributed by atoms with Crippen LogP contribution in [0.15, 0.2) is 79.6 Å². The van der Waals surface area contributed by atoms with E-state index >= 15 is 4.57 Å². The van der Waals surface area contributed by atoms with E-state index in [0.717, 1.165) is 30.4 Å². The fourth-order valence-electron chi connectivity index (χ4n) is 5.49. The number of esters is 2. The van der Waals surface area contributed by atoms with Crippen LogP contribution < -0.4 is 21.2 Å². The number of benzene rings is 2. The first-order valence-corrected chi connectivity index (χ1v) is 20.1. The lowest BCUT2D eigenvalue weighted by atomic mass is 10.1. The number of carbonyl (C=O) groups is 2. The number of nitrogen functional groups attached to an aromatic ring is 1. The summed E-state index contributed by atoms with van der Waals surface area (Å²) in [5.74, 6) is -0.536. The van der Waals surface area contributed by atoms with Crippen molar-refractivity contribution < 1.29 is 28.4 Å². The van der Waals surface area contributed by atoms with Gasteiger partial charge in [0.1, 0.15) is 18.4 Å². The van der Waals surface area contributed by atoms with Crippen LogP contribution in [0.25, 0.3) is 11.2 Å². The molecular formula is C39H57N8O6P. The Labute approximate surface area is 319 Å². The lowest BCUT2D eigenvalue weighted by molar-refractivity contribution is -0.146. The van der Waals surface area contributed by atoms with E-state index in [-0.39, 0.29) is 58.9 Å². The van der Waals surface area contributed by atoms with E-state index in [2.05, 4.69) is 43.9 Å². The van der Waals surface area contributed by atoms with Crippen LogP contribution in [-0.2, 0) is 47.8 Å². The minimum Gasteiger partial charge on any atom is -0.465 e. The molecule has 0 saturated heterocycles. The molecule has 4 aromatic rings. The topological polar surface area (TPSA) is 185 Å². The molecule has 0 spiro atoms. The second-order valence-corrected chi connectivity index (χ2v) is 14.9. The number of rotatable bonds is 25. The number of nitrogens with two attached hydrogens (primary N) is 1. The molecule has 54 heavy (non-hydrogen) atoms.